The van der Waals surface area contributed by atoms with Crippen molar-refractivity contribution in [3.8, 4) is 0 Å². The van der Waals surface area contributed by atoms with E-state index >= 15 is 0 Å². The van der Waals surface area contributed by atoms with E-state index in [-0.39, 0.29) is 10.9 Å². The highest BCUT2D eigenvalue weighted by Crippen LogP contribution is 2.50. The summed E-state index contributed by atoms with van der Waals surface area (Å²) in [5, 5.41) is 2.82. The van der Waals surface area contributed by atoms with E-state index in [9.17, 15) is 14.0 Å². The minimum Gasteiger partial charge on any atom is -0.344 e. The largest absolute Gasteiger partial charge is 0.344 e. The van der Waals surface area contributed by atoms with Crippen molar-refractivity contribution in [1.29, 1.82) is 0 Å². The van der Waals surface area contributed by atoms with Gasteiger partial charge in [0.2, 0.25) is 0 Å². The number of halogens is 2. The fraction of sp³-hybridized carbons (Fsp3) is 0.429. The van der Waals surface area contributed by atoms with Gasteiger partial charge in [-0.2, -0.15) is 0 Å². The maximum absolute atomic E-state index is 13.4. The number of hydrogen-bond acceptors (Lipinski definition) is 2. The molecule has 4 rings (SSSR count). The second kappa shape index (κ2) is 7.12. The van der Waals surface area contributed by atoms with Gasteiger partial charge in [0.05, 0.1) is 5.02 Å². The molecule has 2 aromatic rings. The number of benzene rings is 1. The number of aromatic nitrogens is 1. The van der Waals surface area contributed by atoms with Crippen LogP contribution in [-0.2, 0) is 11.3 Å². The average Bonchev–Trinajstić information content (AvgIpc) is 3.29. The molecule has 0 spiro atoms. The van der Waals surface area contributed by atoms with E-state index < -0.39 is 5.82 Å². The lowest BCUT2D eigenvalue weighted by molar-refractivity contribution is -0.117. The molecule has 2 atom stereocenters. The van der Waals surface area contributed by atoms with Crippen LogP contribution in [0.5, 0.6) is 0 Å². The van der Waals surface area contributed by atoms with Crippen molar-refractivity contribution in [2.24, 2.45) is 11.8 Å². The molecule has 27 heavy (non-hydrogen) atoms. The number of Topliss-reactive ketones (excluding diaryl/α,β-unsaturated/α-hetero) is 1. The van der Waals surface area contributed by atoms with Crippen LogP contribution in [0.3, 0.4) is 0 Å². The molecule has 6 heteroatoms. The molecule has 2 aliphatic rings. The number of nitrogens with one attached hydrogen (secondary N) is 1. The summed E-state index contributed by atoms with van der Waals surface area (Å²) in [4.78, 5) is 24.7. The van der Waals surface area contributed by atoms with Crippen molar-refractivity contribution >= 4 is 29.0 Å². The van der Waals surface area contributed by atoms with Crippen LogP contribution in [0.1, 0.15) is 54.6 Å². The number of aryl methyl sites for hydroxylation is 1. The normalized spacial score (nSPS) is 24.3. The maximum atomic E-state index is 13.4. The van der Waals surface area contributed by atoms with Crippen LogP contribution in [0.15, 0.2) is 30.5 Å². The number of anilines is 1. The number of carbonyl (C=O) groups is 2. The molecule has 0 bridgehead atoms. The third kappa shape index (κ3) is 3.41. The number of carbonyl (C=O) groups excluding carboxylic acids is 2. The first-order valence-corrected chi connectivity index (χ1v) is 9.81. The molecule has 2 unspecified atom stereocenters. The number of rotatable bonds is 4. The van der Waals surface area contributed by atoms with Crippen LogP contribution in [-0.4, -0.2) is 16.3 Å². The van der Waals surface area contributed by atoms with Gasteiger partial charge in [0, 0.05) is 31.3 Å². The van der Waals surface area contributed by atoms with E-state index in [4.69, 9.17) is 11.6 Å². The number of ketones is 1. The zero-order chi connectivity index (χ0) is 19.1. The highest BCUT2D eigenvalue weighted by atomic mass is 35.5. The quantitative estimate of drug-likeness (QED) is 0.798. The Hall–Kier alpha value is -2.14. The smallest absolute Gasteiger partial charge is 0.272 e. The number of fused-ring (bicyclic) bond motifs is 1. The van der Waals surface area contributed by atoms with Gasteiger partial charge in [0.1, 0.15) is 17.3 Å². The molecule has 1 aromatic carbocycles. The topological polar surface area (TPSA) is 51.1 Å². The Morgan fingerprint density at radius 1 is 1.26 bits per heavy atom. The molecule has 1 aromatic heterocycles. The van der Waals surface area contributed by atoms with Gasteiger partial charge >= 0.3 is 0 Å². The Morgan fingerprint density at radius 2 is 1.96 bits per heavy atom. The highest BCUT2D eigenvalue weighted by Gasteiger charge is 2.42. The van der Waals surface area contributed by atoms with E-state index in [1.807, 2.05) is 23.8 Å². The van der Waals surface area contributed by atoms with Crippen molar-refractivity contribution in [3.05, 3.63) is 52.6 Å². The predicted molar refractivity (Wildman–Crippen MR) is 103 cm³/mol. The summed E-state index contributed by atoms with van der Waals surface area (Å²) in [5.74, 6) is 0.866. The zero-order valence-electron chi connectivity index (χ0n) is 15.2. The van der Waals surface area contributed by atoms with Crippen molar-refractivity contribution in [1.82, 2.24) is 4.57 Å². The van der Waals surface area contributed by atoms with Crippen LogP contribution in [0.2, 0.25) is 5.02 Å². The second-order valence-corrected chi connectivity index (χ2v) is 8.03. The van der Waals surface area contributed by atoms with Crippen molar-refractivity contribution in [3.63, 3.8) is 0 Å². The molecule has 142 valence electrons. The van der Waals surface area contributed by atoms with Gasteiger partial charge in [-0.05, 0) is 67.3 Å². The highest BCUT2D eigenvalue weighted by molar-refractivity contribution is 6.31. The summed E-state index contributed by atoms with van der Waals surface area (Å²) in [5.41, 5.74) is 2.16. The second-order valence-electron chi connectivity index (χ2n) is 7.62. The number of nitrogens with zero attached hydrogens (tertiary/aromatic N) is 1. The van der Waals surface area contributed by atoms with E-state index in [1.54, 1.807) is 0 Å². The third-order valence-corrected chi connectivity index (χ3v) is 6.28. The maximum Gasteiger partial charge on any atom is 0.272 e. The molecule has 2 fully saturated rings. The molecule has 2 saturated carbocycles. The molecular weight excluding hydrogens is 367 g/mol. The van der Waals surface area contributed by atoms with Crippen molar-refractivity contribution in [2.75, 3.05) is 5.32 Å². The van der Waals surface area contributed by atoms with Crippen LogP contribution in [0, 0.1) is 17.7 Å². The standard InChI is InChI=1S/C21H22ClFN2O2/c1-2-25-6-5-17(14-7-12-9-16(26)10-13(12)8-14)20(25)21(27)24-15-3-4-19(23)18(22)11-15/h3-6,11-14H,2,7-10H2,1H3,(H,24,27). The minimum atomic E-state index is -0.515. The lowest BCUT2D eigenvalue weighted by atomic mass is 9.94. The van der Waals surface area contributed by atoms with E-state index in [2.05, 4.69) is 5.32 Å². The van der Waals surface area contributed by atoms with E-state index in [1.165, 1.54) is 18.2 Å². The Balaban J connectivity index is 1.58. The van der Waals surface area contributed by atoms with Crippen LogP contribution >= 0.6 is 11.6 Å². The average molecular weight is 389 g/mol. The fourth-order valence-electron chi connectivity index (χ4n) is 4.74. The van der Waals surface area contributed by atoms with Crippen LogP contribution in [0.4, 0.5) is 10.1 Å². The third-order valence-electron chi connectivity index (χ3n) is 5.99. The predicted octanol–water partition coefficient (Wildman–Crippen LogP) is 5.03. The monoisotopic (exact) mass is 388 g/mol. The molecule has 0 aliphatic heterocycles. The first-order chi connectivity index (χ1) is 13.0. The summed E-state index contributed by atoms with van der Waals surface area (Å²) in [6.07, 6.45) is 5.25. The first kappa shape index (κ1) is 18.2. The molecule has 1 heterocycles. The van der Waals surface area contributed by atoms with Crippen molar-refractivity contribution < 1.29 is 14.0 Å². The fourth-order valence-corrected chi connectivity index (χ4v) is 4.92. The van der Waals surface area contributed by atoms with Crippen LogP contribution in [0.25, 0.3) is 0 Å². The van der Waals surface area contributed by atoms with Gasteiger partial charge < -0.3 is 9.88 Å². The molecule has 0 saturated heterocycles. The minimum absolute atomic E-state index is 0.0211. The van der Waals surface area contributed by atoms with Gasteiger partial charge in [-0.1, -0.05) is 11.6 Å². The molecule has 1 N–H and O–H groups in total. The van der Waals surface area contributed by atoms with Crippen molar-refractivity contribution in [2.45, 2.75) is 45.1 Å². The Labute approximate surface area is 162 Å². The number of amides is 1. The molecule has 2 aliphatic carbocycles. The summed E-state index contributed by atoms with van der Waals surface area (Å²) in [7, 11) is 0. The van der Waals surface area contributed by atoms with E-state index in [0.717, 1.165) is 18.4 Å². The molecule has 0 radical (unpaired) electrons. The van der Waals surface area contributed by atoms with Crippen LogP contribution < -0.4 is 5.32 Å². The molecular formula is C21H22ClFN2O2. The number of hydrogen-bond donors (Lipinski definition) is 1. The molecule has 1 amide bonds. The van der Waals surface area contributed by atoms with Gasteiger partial charge in [-0.25, -0.2) is 4.39 Å². The Morgan fingerprint density at radius 3 is 2.59 bits per heavy atom. The lowest BCUT2D eigenvalue weighted by Crippen LogP contribution is -2.19. The van der Waals surface area contributed by atoms with E-state index in [0.29, 0.717) is 54.3 Å². The summed E-state index contributed by atoms with van der Waals surface area (Å²) in [6, 6.07) is 6.19. The Kier molecular flexibility index (Phi) is 4.81. The Bertz CT molecular complexity index is 892. The SMILES string of the molecule is CCn1ccc(C2CC3CC(=O)CC3C2)c1C(=O)Nc1ccc(F)c(Cl)c1. The molecule has 4 nitrogen and oxygen atoms in total. The van der Waals surface area contributed by atoms with Gasteiger partial charge in [0.25, 0.3) is 5.91 Å². The summed E-state index contributed by atoms with van der Waals surface area (Å²) >= 11 is 5.82. The van der Waals surface area contributed by atoms with Gasteiger partial charge in [0.15, 0.2) is 0 Å². The van der Waals surface area contributed by atoms with Gasteiger partial charge in [-0.15, -0.1) is 0 Å². The summed E-state index contributed by atoms with van der Waals surface area (Å²) < 4.78 is 15.3. The zero-order valence-corrected chi connectivity index (χ0v) is 15.9. The first-order valence-electron chi connectivity index (χ1n) is 9.43. The lowest BCUT2D eigenvalue weighted by Gasteiger charge is -2.15. The summed E-state index contributed by atoms with van der Waals surface area (Å²) in [6.45, 7) is 2.68. The van der Waals surface area contributed by atoms with Gasteiger partial charge in [-0.3, -0.25) is 9.59 Å².